The number of alkyl halides is 7. The SMILES string of the molecule is CCCCC1CCC(C2CCC(c3ccc(C(F)(F)OC4=CC(F)C(F)(C(F)(F)F)C=C4)c(F)c3)CC2)CC1. The first-order valence-corrected chi connectivity index (χ1v) is 14.0. The molecule has 1 nitrogen and oxygen atoms in total. The van der Waals surface area contributed by atoms with E-state index in [1.165, 1.54) is 51.0 Å². The lowest BCUT2D eigenvalue weighted by Gasteiger charge is -2.38. The van der Waals surface area contributed by atoms with E-state index in [4.69, 9.17) is 0 Å². The van der Waals surface area contributed by atoms with E-state index in [-0.39, 0.29) is 24.1 Å². The molecule has 1 aromatic carbocycles. The minimum absolute atomic E-state index is 0.0240. The Kier molecular flexibility index (Phi) is 9.06. The minimum atomic E-state index is -5.58. The molecule has 0 aliphatic heterocycles. The Balaban J connectivity index is 1.33. The van der Waals surface area contributed by atoms with Crippen LogP contribution in [-0.2, 0) is 10.8 Å². The van der Waals surface area contributed by atoms with Crippen LogP contribution in [0.3, 0.4) is 0 Å². The summed E-state index contributed by atoms with van der Waals surface area (Å²) in [6.07, 6.45) is -0.408. The molecule has 218 valence electrons. The first-order valence-electron chi connectivity index (χ1n) is 14.0. The molecule has 3 aliphatic rings. The van der Waals surface area contributed by atoms with Gasteiger partial charge in [-0.25, -0.2) is 13.2 Å². The highest BCUT2D eigenvalue weighted by Gasteiger charge is 2.60. The second-order valence-electron chi connectivity index (χ2n) is 11.5. The highest BCUT2D eigenvalue weighted by molar-refractivity contribution is 5.32. The predicted molar refractivity (Wildman–Crippen MR) is 133 cm³/mol. The van der Waals surface area contributed by atoms with Crippen molar-refractivity contribution in [3.63, 3.8) is 0 Å². The molecule has 0 amide bonds. The fraction of sp³-hybridized carbons (Fsp3) is 0.667. The molecule has 3 aliphatic carbocycles. The summed E-state index contributed by atoms with van der Waals surface area (Å²) in [5.41, 5.74) is -4.87. The van der Waals surface area contributed by atoms with E-state index >= 15 is 0 Å². The maximum Gasteiger partial charge on any atom is 0.429 e. The molecular formula is C30H36F8O. The zero-order chi connectivity index (χ0) is 28.4. The Hall–Kier alpha value is -2.06. The number of allylic oxidation sites excluding steroid dienone is 3. The van der Waals surface area contributed by atoms with Gasteiger partial charge < -0.3 is 4.74 Å². The second kappa shape index (κ2) is 11.8. The number of benzene rings is 1. The van der Waals surface area contributed by atoms with Gasteiger partial charge in [-0.2, -0.15) is 22.0 Å². The summed E-state index contributed by atoms with van der Waals surface area (Å²) in [5, 5.41) is 0. The second-order valence-corrected chi connectivity index (χ2v) is 11.5. The summed E-state index contributed by atoms with van der Waals surface area (Å²) in [4.78, 5) is 0. The number of unbranched alkanes of at least 4 members (excludes halogenated alkanes) is 1. The molecule has 2 saturated carbocycles. The molecule has 0 spiro atoms. The molecule has 0 bridgehead atoms. The van der Waals surface area contributed by atoms with Gasteiger partial charge in [-0.3, -0.25) is 0 Å². The lowest BCUT2D eigenvalue weighted by Crippen LogP contribution is -2.47. The van der Waals surface area contributed by atoms with E-state index < -0.39 is 41.3 Å². The molecule has 2 unspecified atom stereocenters. The van der Waals surface area contributed by atoms with Gasteiger partial charge in [0.1, 0.15) is 11.6 Å². The van der Waals surface area contributed by atoms with Gasteiger partial charge >= 0.3 is 12.3 Å². The van der Waals surface area contributed by atoms with Crippen molar-refractivity contribution in [2.24, 2.45) is 17.8 Å². The smallest absolute Gasteiger partial charge is 0.429 e. The molecule has 1 aromatic rings. The molecule has 39 heavy (non-hydrogen) atoms. The monoisotopic (exact) mass is 564 g/mol. The van der Waals surface area contributed by atoms with E-state index in [9.17, 15) is 35.1 Å². The molecule has 0 heterocycles. The fourth-order valence-electron chi connectivity index (χ4n) is 6.52. The Morgan fingerprint density at radius 1 is 0.923 bits per heavy atom. The Bertz CT molecular complexity index is 1030. The molecule has 4 rings (SSSR count). The normalized spacial score (nSPS) is 32.1. The van der Waals surface area contributed by atoms with Crippen molar-refractivity contribution >= 4 is 0 Å². The molecule has 9 heteroatoms. The third-order valence-electron chi connectivity index (χ3n) is 8.96. The van der Waals surface area contributed by atoms with Crippen molar-refractivity contribution in [1.29, 1.82) is 0 Å². The zero-order valence-electron chi connectivity index (χ0n) is 22.1. The first-order chi connectivity index (χ1) is 18.3. The standard InChI is InChI=1S/C30H36F8O/c1-2-3-4-19-5-7-20(8-6-19)21-9-11-22(12-10-21)23-13-14-25(26(31)17-23)29(34,35)39-24-15-16-28(33,27(32)18-24)30(36,37)38/h13-22,27H,2-12H2,1H3. The van der Waals surface area contributed by atoms with Crippen molar-refractivity contribution in [2.75, 3.05) is 0 Å². The number of hydrogen-bond donors (Lipinski definition) is 0. The van der Waals surface area contributed by atoms with Crippen LogP contribution in [0.15, 0.2) is 42.2 Å². The van der Waals surface area contributed by atoms with Crippen molar-refractivity contribution in [2.45, 2.75) is 108 Å². The van der Waals surface area contributed by atoms with Crippen LogP contribution >= 0.6 is 0 Å². The first kappa shape index (κ1) is 29.9. The summed E-state index contributed by atoms with van der Waals surface area (Å²) in [6, 6.07) is 3.36. The molecule has 0 radical (unpaired) electrons. The van der Waals surface area contributed by atoms with E-state index in [1.807, 2.05) is 0 Å². The van der Waals surface area contributed by atoms with Gasteiger partial charge in [-0.15, -0.1) is 0 Å². The quantitative estimate of drug-likeness (QED) is 0.286. The van der Waals surface area contributed by atoms with E-state index in [0.29, 0.717) is 11.5 Å². The van der Waals surface area contributed by atoms with Crippen LogP contribution < -0.4 is 0 Å². The van der Waals surface area contributed by atoms with Crippen molar-refractivity contribution in [3.8, 4) is 0 Å². The van der Waals surface area contributed by atoms with E-state index in [1.54, 1.807) is 0 Å². The van der Waals surface area contributed by atoms with Crippen molar-refractivity contribution in [1.82, 2.24) is 0 Å². The average molecular weight is 565 g/mol. The Morgan fingerprint density at radius 2 is 1.54 bits per heavy atom. The van der Waals surface area contributed by atoms with Crippen LogP contribution in [-0.4, -0.2) is 18.0 Å². The molecule has 0 aromatic heterocycles. The molecule has 2 atom stereocenters. The van der Waals surface area contributed by atoms with Crippen molar-refractivity contribution < 1.29 is 39.9 Å². The lowest BCUT2D eigenvalue weighted by molar-refractivity contribution is -0.233. The highest BCUT2D eigenvalue weighted by atomic mass is 19.4. The van der Waals surface area contributed by atoms with Gasteiger partial charge in [-0.05, 0) is 98.1 Å². The van der Waals surface area contributed by atoms with Crippen LogP contribution in [0.25, 0.3) is 0 Å². The molecule has 2 fully saturated rings. The number of halogens is 8. The van der Waals surface area contributed by atoms with Crippen LogP contribution in [0.2, 0.25) is 0 Å². The fourth-order valence-corrected chi connectivity index (χ4v) is 6.52. The van der Waals surface area contributed by atoms with Crippen LogP contribution in [0, 0.1) is 23.6 Å². The van der Waals surface area contributed by atoms with Gasteiger partial charge in [0.25, 0.3) is 5.67 Å². The summed E-state index contributed by atoms with van der Waals surface area (Å²) >= 11 is 0. The third kappa shape index (κ3) is 6.64. The molecule has 0 N–H and O–H groups in total. The number of ether oxygens (including phenoxy) is 1. The third-order valence-corrected chi connectivity index (χ3v) is 8.96. The average Bonchev–Trinajstić information content (AvgIpc) is 2.89. The van der Waals surface area contributed by atoms with Gasteiger partial charge in [0.05, 0.1) is 5.56 Å². The zero-order valence-corrected chi connectivity index (χ0v) is 22.1. The van der Waals surface area contributed by atoms with Crippen LogP contribution in [0.4, 0.5) is 35.1 Å². The summed E-state index contributed by atoms with van der Waals surface area (Å²) in [5.74, 6) is 0.0264. The lowest BCUT2D eigenvalue weighted by atomic mass is 9.68. The highest BCUT2D eigenvalue weighted by Crippen LogP contribution is 2.46. The summed E-state index contributed by atoms with van der Waals surface area (Å²) < 4.78 is 115. The summed E-state index contributed by atoms with van der Waals surface area (Å²) in [7, 11) is 0. The molecular weight excluding hydrogens is 528 g/mol. The predicted octanol–water partition coefficient (Wildman–Crippen LogP) is 10.2. The van der Waals surface area contributed by atoms with Gasteiger partial charge in [0, 0.05) is 0 Å². The van der Waals surface area contributed by atoms with Gasteiger partial charge in [0.15, 0.2) is 6.17 Å². The van der Waals surface area contributed by atoms with Crippen LogP contribution in [0.1, 0.15) is 94.6 Å². The van der Waals surface area contributed by atoms with E-state index in [2.05, 4.69) is 11.7 Å². The number of rotatable bonds is 8. The van der Waals surface area contributed by atoms with Crippen LogP contribution in [0.5, 0.6) is 0 Å². The van der Waals surface area contributed by atoms with Gasteiger partial charge in [-0.1, -0.05) is 45.1 Å². The molecule has 0 saturated heterocycles. The Morgan fingerprint density at radius 3 is 2.08 bits per heavy atom. The minimum Gasteiger partial charge on any atom is -0.429 e. The maximum atomic E-state index is 14.8. The largest absolute Gasteiger partial charge is 0.429 e. The maximum absolute atomic E-state index is 14.8. The topological polar surface area (TPSA) is 9.23 Å². The summed E-state index contributed by atoms with van der Waals surface area (Å²) in [6.45, 7) is 2.22. The van der Waals surface area contributed by atoms with Gasteiger partial charge in [0.2, 0.25) is 0 Å². The Labute approximate surface area is 224 Å². The van der Waals surface area contributed by atoms with E-state index in [0.717, 1.165) is 49.7 Å². The number of hydrogen-bond acceptors (Lipinski definition) is 1. The van der Waals surface area contributed by atoms with Crippen molar-refractivity contribution in [3.05, 3.63) is 59.1 Å².